The summed E-state index contributed by atoms with van der Waals surface area (Å²) in [5, 5.41) is 0. The van der Waals surface area contributed by atoms with Gasteiger partial charge in [-0.3, -0.25) is 0 Å². The van der Waals surface area contributed by atoms with E-state index < -0.39 is 0 Å². The Morgan fingerprint density at radius 1 is 0.833 bits per heavy atom. The minimum atomic E-state index is 0.375. The van der Waals surface area contributed by atoms with Crippen LogP contribution in [0.3, 0.4) is 0 Å². The third kappa shape index (κ3) is 22.5. The van der Waals surface area contributed by atoms with E-state index in [-0.39, 0.29) is 0 Å². The van der Waals surface area contributed by atoms with Gasteiger partial charge in [0, 0.05) is 13.2 Å². The van der Waals surface area contributed by atoms with E-state index >= 15 is 0 Å². The van der Waals surface area contributed by atoms with Crippen molar-refractivity contribution in [3.8, 4) is 0 Å². The van der Waals surface area contributed by atoms with Gasteiger partial charge >= 0.3 is 0 Å². The minimum Gasteiger partial charge on any atom is -0.382 e. The third-order valence-corrected chi connectivity index (χ3v) is 0.953. The van der Waals surface area contributed by atoms with Gasteiger partial charge in [-0.2, -0.15) is 0 Å². The molecular weight excluding hydrogens is 152 g/mol. The lowest BCUT2D eigenvalue weighted by atomic mass is 10.4. The Labute approximate surface area is 77.3 Å². The van der Waals surface area contributed by atoms with Crippen LogP contribution in [0.15, 0.2) is 0 Å². The van der Waals surface area contributed by atoms with Crippen LogP contribution in [0.2, 0.25) is 0 Å². The lowest BCUT2D eigenvalue weighted by molar-refractivity contribution is 0.0300. The van der Waals surface area contributed by atoms with E-state index in [1.54, 1.807) is 0 Å². The Balaban J connectivity index is 0. The summed E-state index contributed by atoms with van der Waals surface area (Å²) in [5.74, 6) is 0. The van der Waals surface area contributed by atoms with Gasteiger partial charge in [-0.15, -0.1) is 0 Å². The smallest absolute Gasteiger partial charge is 0.0522 e. The maximum absolute atomic E-state index is 5.25. The summed E-state index contributed by atoms with van der Waals surface area (Å²) in [5.41, 5.74) is 0. The second kappa shape index (κ2) is 10.9. The van der Waals surface area contributed by atoms with Crippen molar-refractivity contribution >= 4 is 0 Å². The highest BCUT2D eigenvalue weighted by Gasteiger charge is 1.94. The van der Waals surface area contributed by atoms with Crippen LogP contribution < -0.4 is 0 Å². The van der Waals surface area contributed by atoms with Crippen molar-refractivity contribution < 1.29 is 9.47 Å². The Kier molecular flexibility index (Phi) is 13.1. The topological polar surface area (TPSA) is 18.5 Å². The first-order valence-corrected chi connectivity index (χ1v) is 4.77. The van der Waals surface area contributed by atoms with Crippen LogP contribution in [0.1, 0.15) is 41.5 Å². The molecule has 0 fully saturated rings. The van der Waals surface area contributed by atoms with E-state index in [0.717, 1.165) is 13.2 Å². The molecule has 0 aliphatic carbocycles. The summed E-state index contributed by atoms with van der Waals surface area (Å²) in [4.78, 5) is 0. The van der Waals surface area contributed by atoms with Gasteiger partial charge in [-0.05, 0) is 41.5 Å². The summed E-state index contributed by atoms with van der Waals surface area (Å²) in [6.45, 7) is 13.8. The highest BCUT2D eigenvalue weighted by atomic mass is 16.5. The molecule has 0 spiro atoms. The molecule has 0 aromatic heterocycles. The maximum Gasteiger partial charge on any atom is 0.0522 e. The lowest BCUT2D eigenvalue weighted by Crippen LogP contribution is -2.09. The number of hydrogen-bond acceptors (Lipinski definition) is 2. The predicted molar refractivity (Wildman–Crippen MR) is 53.5 cm³/mol. The van der Waals surface area contributed by atoms with E-state index in [9.17, 15) is 0 Å². The Morgan fingerprint density at radius 3 is 1.17 bits per heavy atom. The number of rotatable bonds is 4. The van der Waals surface area contributed by atoms with Crippen LogP contribution in [-0.4, -0.2) is 25.4 Å². The third-order valence-electron chi connectivity index (χ3n) is 0.953. The highest BCUT2D eigenvalue weighted by Crippen LogP contribution is 1.93. The van der Waals surface area contributed by atoms with Gasteiger partial charge in [0.05, 0.1) is 12.2 Å². The molecule has 0 aromatic rings. The molecule has 0 saturated carbocycles. The first-order valence-electron chi connectivity index (χ1n) is 4.77. The van der Waals surface area contributed by atoms with Crippen LogP contribution in [0.25, 0.3) is 0 Å². The number of ether oxygens (including phenoxy) is 2. The van der Waals surface area contributed by atoms with E-state index in [0.29, 0.717) is 12.2 Å². The fourth-order valence-electron chi connectivity index (χ4n) is 0.748. The van der Waals surface area contributed by atoms with Crippen LogP contribution >= 0.6 is 0 Å². The Bertz CT molecular complexity index is 62.2. The first kappa shape index (κ1) is 14.4. The molecule has 0 bridgehead atoms. The second-order valence-corrected chi connectivity index (χ2v) is 3.02. The largest absolute Gasteiger partial charge is 0.382 e. The second-order valence-electron chi connectivity index (χ2n) is 3.02. The zero-order chi connectivity index (χ0) is 9.98. The van der Waals surface area contributed by atoms with E-state index in [4.69, 9.17) is 9.47 Å². The first-order chi connectivity index (χ1) is 5.54. The highest BCUT2D eigenvalue weighted by molar-refractivity contribution is 4.40. The average Bonchev–Trinajstić information content (AvgIpc) is 1.87. The van der Waals surface area contributed by atoms with Gasteiger partial charge in [0.15, 0.2) is 0 Å². The van der Waals surface area contributed by atoms with E-state index in [2.05, 4.69) is 0 Å². The van der Waals surface area contributed by atoms with Gasteiger partial charge in [-0.1, -0.05) is 0 Å². The molecule has 0 aliphatic rings. The SMILES string of the molecule is CC(C)OC(C)C.CCOCC. The van der Waals surface area contributed by atoms with Gasteiger partial charge in [-0.25, -0.2) is 0 Å². The van der Waals surface area contributed by atoms with Crippen LogP contribution in [0.4, 0.5) is 0 Å². The van der Waals surface area contributed by atoms with Crippen LogP contribution in [-0.2, 0) is 9.47 Å². The van der Waals surface area contributed by atoms with Crippen molar-refractivity contribution in [3.63, 3.8) is 0 Å². The van der Waals surface area contributed by atoms with Crippen LogP contribution in [0, 0.1) is 0 Å². The molecule has 12 heavy (non-hydrogen) atoms. The number of hydrogen-bond donors (Lipinski definition) is 0. The van der Waals surface area contributed by atoms with Crippen molar-refractivity contribution in [2.75, 3.05) is 13.2 Å². The molecule has 0 radical (unpaired) electrons. The zero-order valence-corrected chi connectivity index (χ0v) is 9.39. The minimum absolute atomic E-state index is 0.375. The predicted octanol–water partition coefficient (Wildman–Crippen LogP) is 2.86. The fourth-order valence-corrected chi connectivity index (χ4v) is 0.748. The Morgan fingerprint density at radius 2 is 1.17 bits per heavy atom. The summed E-state index contributed by atoms with van der Waals surface area (Å²) in [6, 6.07) is 0. The monoisotopic (exact) mass is 176 g/mol. The normalized spacial score (nSPS) is 10.0. The molecule has 0 unspecified atom stereocenters. The molecule has 0 amide bonds. The summed E-state index contributed by atoms with van der Waals surface area (Å²) in [6.07, 6.45) is 0.750. The maximum atomic E-state index is 5.25. The van der Waals surface area contributed by atoms with Gasteiger partial charge in [0.1, 0.15) is 0 Å². The standard InChI is InChI=1S/C6H14O.C4H10O/c1-5(2)7-6(3)4;1-3-5-4-2/h5-6H,1-4H3;3-4H2,1-2H3. The summed E-state index contributed by atoms with van der Waals surface area (Å²) in [7, 11) is 0. The molecule has 0 atom stereocenters. The van der Waals surface area contributed by atoms with E-state index in [1.165, 1.54) is 0 Å². The van der Waals surface area contributed by atoms with Crippen LogP contribution in [0.5, 0.6) is 0 Å². The fraction of sp³-hybridized carbons (Fsp3) is 1.00. The molecule has 0 saturated heterocycles. The quantitative estimate of drug-likeness (QED) is 0.655. The van der Waals surface area contributed by atoms with Gasteiger partial charge in [0.25, 0.3) is 0 Å². The van der Waals surface area contributed by atoms with Crippen molar-refractivity contribution in [2.45, 2.75) is 53.8 Å². The van der Waals surface area contributed by atoms with Crippen molar-refractivity contribution in [1.29, 1.82) is 0 Å². The average molecular weight is 176 g/mol. The molecule has 0 rings (SSSR count). The molecule has 2 nitrogen and oxygen atoms in total. The summed E-state index contributed by atoms with van der Waals surface area (Å²) < 4.78 is 10.1. The van der Waals surface area contributed by atoms with E-state index in [1.807, 2.05) is 41.5 Å². The molecule has 0 aromatic carbocycles. The lowest BCUT2D eigenvalue weighted by Gasteiger charge is -2.09. The zero-order valence-electron chi connectivity index (χ0n) is 9.39. The molecule has 0 N–H and O–H groups in total. The molecule has 0 aliphatic heterocycles. The molecule has 76 valence electrons. The molecular formula is C10H24O2. The van der Waals surface area contributed by atoms with Crippen molar-refractivity contribution in [2.24, 2.45) is 0 Å². The molecule has 2 heteroatoms. The van der Waals surface area contributed by atoms with Crippen molar-refractivity contribution in [3.05, 3.63) is 0 Å². The van der Waals surface area contributed by atoms with Crippen molar-refractivity contribution in [1.82, 2.24) is 0 Å². The molecule has 0 heterocycles. The van der Waals surface area contributed by atoms with Gasteiger partial charge < -0.3 is 9.47 Å². The summed E-state index contributed by atoms with van der Waals surface area (Å²) >= 11 is 0. The Hall–Kier alpha value is -0.0800. The van der Waals surface area contributed by atoms with Gasteiger partial charge in [0.2, 0.25) is 0 Å².